The molecule has 19 heteroatoms. The lowest BCUT2D eigenvalue weighted by atomic mass is 9.89. The Hall–Kier alpha value is -1.98. The standard InChI is InChI=1S/C11F18O/c12-1-2(13)4(15)30-5(16,3(1)14)6(17,18)7(19,20)8(21,22)9(23,24)10(25,26)11(27,28)29. The molecule has 1 unspecified atom stereocenters. The molecule has 0 N–H and O–H groups in total. The lowest BCUT2D eigenvalue weighted by Crippen LogP contribution is -2.73. The number of allylic oxidation sites excluding steroid dienone is 2. The van der Waals surface area contributed by atoms with E-state index in [1.165, 1.54) is 0 Å². The van der Waals surface area contributed by atoms with Crippen molar-refractivity contribution < 1.29 is 83.8 Å². The number of rotatable bonds is 5. The fourth-order valence-electron chi connectivity index (χ4n) is 1.71. The molecule has 1 atom stereocenters. The second kappa shape index (κ2) is 6.51. The van der Waals surface area contributed by atoms with Gasteiger partial charge in [-0.1, -0.05) is 0 Å². The second-order valence-electron chi connectivity index (χ2n) is 5.28. The highest BCUT2D eigenvalue weighted by Gasteiger charge is 2.94. The molecule has 0 bridgehead atoms. The maximum atomic E-state index is 13.8. The number of hydrogen-bond donors (Lipinski definition) is 0. The van der Waals surface area contributed by atoms with Crippen LogP contribution in [-0.2, 0) is 4.74 Å². The van der Waals surface area contributed by atoms with Crippen molar-refractivity contribution in [1.82, 2.24) is 0 Å². The summed E-state index contributed by atoms with van der Waals surface area (Å²) in [6.07, 6.45) is -7.78. The van der Waals surface area contributed by atoms with Crippen LogP contribution < -0.4 is 0 Å². The molecule has 0 fully saturated rings. The van der Waals surface area contributed by atoms with Crippen molar-refractivity contribution in [2.24, 2.45) is 0 Å². The monoisotopic (exact) mass is 490 g/mol. The van der Waals surface area contributed by atoms with Crippen molar-refractivity contribution in [3.8, 4) is 0 Å². The van der Waals surface area contributed by atoms with E-state index >= 15 is 0 Å². The Morgan fingerprint density at radius 3 is 1.27 bits per heavy atom. The third-order valence-corrected chi connectivity index (χ3v) is 3.41. The van der Waals surface area contributed by atoms with Gasteiger partial charge in [-0.05, 0) is 0 Å². The van der Waals surface area contributed by atoms with Crippen molar-refractivity contribution >= 4 is 0 Å². The van der Waals surface area contributed by atoms with Crippen LogP contribution in [0.25, 0.3) is 0 Å². The van der Waals surface area contributed by atoms with Crippen LogP contribution in [0.15, 0.2) is 23.5 Å². The average Bonchev–Trinajstić information content (AvgIpc) is 2.56. The summed E-state index contributed by atoms with van der Waals surface area (Å²) in [6.45, 7) is 0. The first-order valence-electron chi connectivity index (χ1n) is 6.31. The first kappa shape index (κ1) is 26.1. The Kier molecular flexibility index (Phi) is 5.65. The van der Waals surface area contributed by atoms with E-state index in [4.69, 9.17) is 0 Å². The zero-order chi connectivity index (χ0) is 24.5. The molecular formula is C11F18O. The quantitative estimate of drug-likeness (QED) is 0.391. The van der Waals surface area contributed by atoms with E-state index in [9.17, 15) is 79.0 Å². The Morgan fingerprint density at radius 1 is 0.533 bits per heavy atom. The molecule has 30 heavy (non-hydrogen) atoms. The van der Waals surface area contributed by atoms with E-state index in [0.717, 1.165) is 0 Å². The third kappa shape index (κ3) is 2.89. The van der Waals surface area contributed by atoms with Gasteiger partial charge in [0, 0.05) is 0 Å². The van der Waals surface area contributed by atoms with Gasteiger partial charge in [-0.3, -0.25) is 0 Å². The van der Waals surface area contributed by atoms with Crippen LogP contribution in [0.5, 0.6) is 0 Å². The zero-order valence-electron chi connectivity index (χ0n) is 12.7. The minimum Gasteiger partial charge on any atom is -0.419 e. The molecule has 1 aliphatic heterocycles. The van der Waals surface area contributed by atoms with Gasteiger partial charge in [0.2, 0.25) is 17.5 Å². The highest BCUT2D eigenvalue weighted by Crippen LogP contribution is 2.64. The molecular weight excluding hydrogens is 490 g/mol. The Labute approximate surface area is 150 Å². The summed E-state index contributed by atoms with van der Waals surface area (Å²) >= 11 is 0. The van der Waals surface area contributed by atoms with Gasteiger partial charge < -0.3 is 4.74 Å². The second-order valence-corrected chi connectivity index (χ2v) is 5.28. The number of halogens is 18. The van der Waals surface area contributed by atoms with Gasteiger partial charge in [-0.15, -0.1) is 0 Å². The molecule has 0 saturated heterocycles. The summed E-state index contributed by atoms with van der Waals surface area (Å²) in [5.74, 6) is -60.2. The Bertz CT molecular complexity index is 771. The lowest BCUT2D eigenvalue weighted by Gasteiger charge is -2.43. The summed E-state index contributed by atoms with van der Waals surface area (Å²) in [4.78, 5) is 0. The van der Waals surface area contributed by atoms with Crippen LogP contribution in [-0.4, -0.2) is 41.6 Å². The molecule has 0 saturated carbocycles. The van der Waals surface area contributed by atoms with Gasteiger partial charge in [0.15, 0.2) is 0 Å². The van der Waals surface area contributed by atoms with Crippen LogP contribution in [0.1, 0.15) is 0 Å². The first-order valence-corrected chi connectivity index (χ1v) is 6.31. The zero-order valence-corrected chi connectivity index (χ0v) is 12.7. The molecule has 0 aromatic rings. The molecule has 0 aromatic carbocycles. The largest absolute Gasteiger partial charge is 0.460 e. The molecule has 0 aromatic heterocycles. The summed E-state index contributed by atoms with van der Waals surface area (Å²) in [5.41, 5.74) is 0. The van der Waals surface area contributed by atoms with Crippen LogP contribution in [0, 0.1) is 0 Å². The van der Waals surface area contributed by atoms with Crippen LogP contribution >= 0.6 is 0 Å². The molecule has 176 valence electrons. The number of alkyl halides is 14. The maximum Gasteiger partial charge on any atom is 0.460 e. The highest BCUT2D eigenvalue weighted by molar-refractivity contribution is 5.33. The summed E-state index contributed by atoms with van der Waals surface area (Å²) < 4.78 is 235. The van der Waals surface area contributed by atoms with Crippen LogP contribution in [0.2, 0.25) is 0 Å². The fraction of sp³-hybridized carbons (Fsp3) is 0.636. The average molecular weight is 490 g/mol. The molecule has 1 aliphatic rings. The van der Waals surface area contributed by atoms with Crippen LogP contribution in [0.3, 0.4) is 0 Å². The van der Waals surface area contributed by atoms with E-state index in [1.54, 1.807) is 0 Å². The number of ether oxygens (including phenoxy) is 1. The minimum absolute atomic E-state index is 2.26. The number of hydrogen-bond acceptors (Lipinski definition) is 1. The molecule has 0 radical (unpaired) electrons. The van der Waals surface area contributed by atoms with Gasteiger partial charge in [-0.2, -0.15) is 70.2 Å². The van der Waals surface area contributed by atoms with Gasteiger partial charge in [-0.25, -0.2) is 8.78 Å². The van der Waals surface area contributed by atoms with Gasteiger partial charge in [0.25, 0.3) is 0 Å². The van der Waals surface area contributed by atoms with E-state index in [-0.39, 0.29) is 0 Å². The molecule has 1 heterocycles. The van der Waals surface area contributed by atoms with Crippen molar-refractivity contribution in [3.63, 3.8) is 0 Å². The fourth-order valence-corrected chi connectivity index (χ4v) is 1.71. The molecule has 0 amide bonds. The SMILES string of the molecule is FC1=C(F)C(F)=C(F)C(F)(C(F)(F)C(F)(F)C(F)(F)C(F)(F)C(F)(F)C(F)(F)F)O1. The first-order chi connectivity index (χ1) is 12.9. The highest BCUT2D eigenvalue weighted by atomic mass is 19.4. The molecule has 0 aliphatic carbocycles. The van der Waals surface area contributed by atoms with Crippen molar-refractivity contribution in [2.45, 2.75) is 41.6 Å². The van der Waals surface area contributed by atoms with E-state index in [0.29, 0.717) is 0 Å². The van der Waals surface area contributed by atoms with Gasteiger partial charge in [0.05, 0.1) is 0 Å². The van der Waals surface area contributed by atoms with Gasteiger partial charge >= 0.3 is 47.7 Å². The lowest BCUT2D eigenvalue weighted by molar-refractivity contribution is -0.455. The van der Waals surface area contributed by atoms with Crippen molar-refractivity contribution in [2.75, 3.05) is 0 Å². The van der Waals surface area contributed by atoms with Crippen molar-refractivity contribution in [1.29, 1.82) is 0 Å². The van der Waals surface area contributed by atoms with Crippen molar-refractivity contribution in [3.05, 3.63) is 23.5 Å². The minimum atomic E-state index is -8.60. The van der Waals surface area contributed by atoms with E-state index in [2.05, 4.69) is 4.74 Å². The molecule has 1 rings (SSSR count). The smallest absolute Gasteiger partial charge is 0.419 e. The van der Waals surface area contributed by atoms with Crippen LogP contribution in [0.4, 0.5) is 79.0 Å². The normalized spacial score (nSPS) is 23.1. The third-order valence-electron chi connectivity index (χ3n) is 3.41. The summed E-state index contributed by atoms with van der Waals surface area (Å²) in [6, 6.07) is -3.66. The van der Waals surface area contributed by atoms with E-state index in [1.807, 2.05) is 0 Å². The predicted octanol–water partition coefficient (Wildman–Crippen LogP) is 6.68. The summed E-state index contributed by atoms with van der Waals surface area (Å²) in [5, 5.41) is 0. The van der Waals surface area contributed by atoms with Gasteiger partial charge in [0.1, 0.15) is 0 Å². The van der Waals surface area contributed by atoms with E-state index < -0.39 is 65.1 Å². The molecule has 0 spiro atoms. The Morgan fingerprint density at radius 2 is 0.900 bits per heavy atom. The summed E-state index contributed by atoms with van der Waals surface area (Å²) in [7, 11) is 0. The predicted molar refractivity (Wildman–Crippen MR) is 54.2 cm³/mol. The topological polar surface area (TPSA) is 9.23 Å². The molecule has 1 nitrogen and oxygen atoms in total. The maximum absolute atomic E-state index is 13.8. The Balaban J connectivity index is 3.74.